The van der Waals surface area contributed by atoms with E-state index < -0.39 is 6.10 Å². The molecule has 0 saturated heterocycles. The van der Waals surface area contributed by atoms with Crippen molar-refractivity contribution in [3.05, 3.63) is 97.2 Å². The maximum Gasteiger partial charge on any atom is 0.306 e. The molecule has 1 N–H and O–H groups in total. The standard InChI is InChI=1S/C48H78O5/c1-3-5-7-9-11-13-15-16-17-18-19-20-21-22-23-24-25-26-27-28-29-30-31-32-33-35-37-39-41-43-48(51)53-46(44-49)45-52-47(50)42-40-38-36-34-14-12-10-8-6-4-2/h5,7-8,10-11,13,16-17,19-20,22-23,25-26,28-29,46,49H,3-4,6,9,12,14-15,18,21,24,27,30-45H2,1-2H3/b7-5-,10-8-,13-11-,17-16-,20-19-,23-22-,26-25-,29-28-. The van der Waals surface area contributed by atoms with Crippen LogP contribution in [0.3, 0.4) is 0 Å². The van der Waals surface area contributed by atoms with Crippen molar-refractivity contribution in [2.75, 3.05) is 13.2 Å². The average Bonchev–Trinajstić information content (AvgIpc) is 3.16. The quantitative estimate of drug-likeness (QED) is 0.0391. The number of unbranched alkanes of at least 4 members (excludes halogenated alkanes) is 13. The van der Waals surface area contributed by atoms with Crippen LogP contribution < -0.4 is 0 Å². The molecule has 0 amide bonds. The monoisotopic (exact) mass is 735 g/mol. The van der Waals surface area contributed by atoms with Gasteiger partial charge in [-0.2, -0.15) is 0 Å². The molecule has 0 aromatic carbocycles. The highest BCUT2D eigenvalue weighted by molar-refractivity contribution is 5.70. The summed E-state index contributed by atoms with van der Waals surface area (Å²) < 4.78 is 10.6. The zero-order valence-electron chi connectivity index (χ0n) is 34.0. The molecule has 0 aromatic heterocycles. The minimum atomic E-state index is -0.785. The third-order valence-corrected chi connectivity index (χ3v) is 8.59. The number of aliphatic hydroxyl groups excluding tert-OH is 1. The first-order valence-electron chi connectivity index (χ1n) is 21.3. The molecule has 53 heavy (non-hydrogen) atoms. The molecular formula is C48H78O5. The lowest BCUT2D eigenvalue weighted by atomic mass is 10.1. The zero-order chi connectivity index (χ0) is 38.6. The first kappa shape index (κ1) is 49.8. The summed E-state index contributed by atoms with van der Waals surface area (Å²) in [5.41, 5.74) is 0. The predicted octanol–water partition coefficient (Wildman–Crippen LogP) is 13.7. The number of hydrogen-bond donors (Lipinski definition) is 1. The Labute approximate surface area is 326 Å². The molecule has 1 atom stereocenters. The zero-order valence-corrected chi connectivity index (χ0v) is 34.0. The van der Waals surface area contributed by atoms with Crippen LogP contribution in [0.1, 0.15) is 174 Å². The lowest BCUT2D eigenvalue weighted by molar-refractivity contribution is -0.161. The van der Waals surface area contributed by atoms with Crippen LogP contribution in [-0.4, -0.2) is 36.4 Å². The molecule has 0 aliphatic rings. The molecule has 0 aliphatic carbocycles. The third kappa shape index (κ3) is 41.4. The second kappa shape index (κ2) is 43.2. The summed E-state index contributed by atoms with van der Waals surface area (Å²) in [6, 6.07) is 0. The molecule has 300 valence electrons. The Hall–Kier alpha value is -3.18. The lowest BCUT2D eigenvalue weighted by Gasteiger charge is -2.15. The summed E-state index contributed by atoms with van der Waals surface area (Å²) in [5, 5.41) is 9.55. The first-order chi connectivity index (χ1) is 26.1. The highest BCUT2D eigenvalue weighted by Crippen LogP contribution is 2.12. The Kier molecular flexibility index (Phi) is 40.6. The molecule has 0 spiro atoms. The van der Waals surface area contributed by atoms with Crippen LogP contribution in [0.25, 0.3) is 0 Å². The number of hydrogen-bond acceptors (Lipinski definition) is 5. The second-order valence-corrected chi connectivity index (χ2v) is 13.7. The number of rotatable bonds is 37. The molecule has 0 rings (SSSR count). The summed E-state index contributed by atoms with van der Waals surface area (Å²) >= 11 is 0. The van der Waals surface area contributed by atoms with Gasteiger partial charge in [0.25, 0.3) is 0 Å². The van der Waals surface area contributed by atoms with Crippen molar-refractivity contribution in [2.45, 2.75) is 180 Å². The molecule has 0 aliphatic heterocycles. The van der Waals surface area contributed by atoms with E-state index in [9.17, 15) is 14.7 Å². The van der Waals surface area contributed by atoms with E-state index in [2.05, 4.69) is 111 Å². The molecule has 0 bridgehead atoms. The molecule has 5 nitrogen and oxygen atoms in total. The minimum Gasteiger partial charge on any atom is -0.462 e. The van der Waals surface area contributed by atoms with Gasteiger partial charge in [-0.1, -0.05) is 169 Å². The topological polar surface area (TPSA) is 72.8 Å². The molecular weight excluding hydrogens is 657 g/mol. The molecule has 1 unspecified atom stereocenters. The largest absolute Gasteiger partial charge is 0.462 e. The molecule has 0 heterocycles. The number of aliphatic hydroxyl groups is 1. The van der Waals surface area contributed by atoms with Crippen molar-refractivity contribution in [1.29, 1.82) is 0 Å². The van der Waals surface area contributed by atoms with E-state index in [0.717, 1.165) is 103 Å². The van der Waals surface area contributed by atoms with Crippen molar-refractivity contribution in [3.63, 3.8) is 0 Å². The van der Waals surface area contributed by atoms with Gasteiger partial charge in [0.1, 0.15) is 6.61 Å². The average molecular weight is 735 g/mol. The van der Waals surface area contributed by atoms with E-state index in [1.54, 1.807) is 0 Å². The molecule has 0 saturated carbocycles. The van der Waals surface area contributed by atoms with Crippen LogP contribution in [0, 0.1) is 0 Å². The van der Waals surface area contributed by atoms with Gasteiger partial charge in [-0.3, -0.25) is 9.59 Å². The van der Waals surface area contributed by atoms with Crippen LogP contribution in [0.4, 0.5) is 0 Å². The Balaban J connectivity index is 3.62. The van der Waals surface area contributed by atoms with Gasteiger partial charge in [0, 0.05) is 12.8 Å². The van der Waals surface area contributed by atoms with Gasteiger partial charge < -0.3 is 14.6 Å². The van der Waals surface area contributed by atoms with Crippen LogP contribution in [-0.2, 0) is 19.1 Å². The number of carbonyl (C=O) groups excluding carboxylic acids is 2. The number of esters is 2. The van der Waals surface area contributed by atoms with Gasteiger partial charge in [-0.25, -0.2) is 0 Å². The molecule has 0 aromatic rings. The van der Waals surface area contributed by atoms with Crippen molar-refractivity contribution >= 4 is 11.9 Å². The summed E-state index contributed by atoms with van der Waals surface area (Å²) in [7, 11) is 0. The van der Waals surface area contributed by atoms with E-state index >= 15 is 0 Å². The normalized spacial score (nSPS) is 13.2. The van der Waals surface area contributed by atoms with E-state index in [4.69, 9.17) is 9.47 Å². The van der Waals surface area contributed by atoms with E-state index in [-0.39, 0.29) is 25.2 Å². The lowest BCUT2D eigenvalue weighted by Crippen LogP contribution is -2.28. The van der Waals surface area contributed by atoms with E-state index in [0.29, 0.717) is 12.8 Å². The summed E-state index contributed by atoms with van der Waals surface area (Å²) in [4.78, 5) is 24.2. The van der Waals surface area contributed by atoms with Crippen LogP contribution in [0.5, 0.6) is 0 Å². The van der Waals surface area contributed by atoms with Crippen LogP contribution in [0.15, 0.2) is 97.2 Å². The summed E-state index contributed by atoms with van der Waals surface area (Å²) in [6.45, 7) is 3.92. The van der Waals surface area contributed by atoms with Gasteiger partial charge in [-0.15, -0.1) is 0 Å². The maximum absolute atomic E-state index is 12.2. The van der Waals surface area contributed by atoms with Crippen molar-refractivity contribution in [2.24, 2.45) is 0 Å². The van der Waals surface area contributed by atoms with Crippen molar-refractivity contribution in [3.8, 4) is 0 Å². The predicted molar refractivity (Wildman–Crippen MR) is 228 cm³/mol. The molecule has 0 radical (unpaired) electrons. The van der Waals surface area contributed by atoms with Gasteiger partial charge in [0.15, 0.2) is 6.10 Å². The fourth-order valence-electron chi connectivity index (χ4n) is 5.42. The number of carbonyl (C=O) groups is 2. The van der Waals surface area contributed by atoms with Gasteiger partial charge in [0.2, 0.25) is 0 Å². The second-order valence-electron chi connectivity index (χ2n) is 13.7. The van der Waals surface area contributed by atoms with Gasteiger partial charge in [0.05, 0.1) is 6.61 Å². The van der Waals surface area contributed by atoms with E-state index in [1.165, 1.54) is 44.9 Å². The van der Waals surface area contributed by atoms with Gasteiger partial charge in [-0.05, 0) is 89.9 Å². The summed E-state index contributed by atoms with van der Waals surface area (Å²) in [6.07, 6.45) is 60.5. The van der Waals surface area contributed by atoms with Crippen LogP contribution >= 0.6 is 0 Å². The molecule has 5 heteroatoms. The fourth-order valence-corrected chi connectivity index (χ4v) is 5.42. The van der Waals surface area contributed by atoms with Gasteiger partial charge >= 0.3 is 11.9 Å². The minimum absolute atomic E-state index is 0.0805. The number of ether oxygens (including phenoxy) is 2. The highest BCUT2D eigenvalue weighted by Gasteiger charge is 2.16. The Morgan fingerprint density at radius 3 is 1.25 bits per heavy atom. The Morgan fingerprint density at radius 1 is 0.453 bits per heavy atom. The third-order valence-electron chi connectivity index (χ3n) is 8.59. The fraction of sp³-hybridized carbons (Fsp3) is 0.625. The summed E-state index contributed by atoms with van der Waals surface area (Å²) in [5.74, 6) is -0.626. The maximum atomic E-state index is 12.2. The smallest absolute Gasteiger partial charge is 0.306 e. The SMILES string of the molecule is CC/C=C\C/C=C\C/C=C\C/C=C\C/C=C\C/C=C\C/C=C\CCCCCCCCCC(=O)OC(CO)COC(=O)CCCCCCC/C=C\CCC. The van der Waals surface area contributed by atoms with Crippen molar-refractivity contribution in [1.82, 2.24) is 0 Å². The Bertz CT molecular complexity index is 1060. The highest BCUT2D eigenvalue weighted by atomic mass is 16.6. The van der Waals surface area contributed by atoms with Crippen molar-refractivity contribution < 1.29 is 24.2 Å². The first-order valence-corrected chi connectivity index (χ1v) is 21.3. The molecule has 0 fully saturated rings. The Morgan fingerprint density at radius 2 is 0.811 bits per heavy atom. The number of allylic oxidation sites excluding steroid dienone is 16. The van der Waals surface area contributed by atoms with Crippen LogP contribution in [0.2, 0.25) is 0 Å². The van der Waals surface area contributed by atoms with E-state index in [1.807, 2.05) is 0 Å².